The Morgan fingerprint density at radius 2 is 2.15 bits per heavy atom. The number of hydrogen-bond acceptors (Lipinski definition) is 6. The number of halogens is 1. The van der Waals surface area contributed by atoms with Crippen LogP contribution in [-0.4, -0.2) is 36.0 Å². The van der Waals surface area contributed by atoms with Crippen LogP contribution in [0, 0.1) is 5.82 Å². The lowest BCUT2D eigenvalue weighted by Gasteiger charge is -2.30. The number of nitrogens with zero attached hydrogens (tertiary/aromatic N) is 3. The van der Waals surface area contributed by atoms with Crippen LogP contribution in [0.3, 0.4) is 0 Å². The minimum atomic E-state index is -3.76. The van der Waals surface area contributed by atoms with Crippen LogP contribution in [0.1, 0.15) is 24.7 Å². The number of thiophene rings is 1. The largest absolute Gasteiger partial charge is 0.339 e. The van der Waals surface area contributed by atoms with E-state index >= 15 is 0 Å². The second-order valence-corrected chi connectivity index (χ2v) is 8.98. The zero-order valence-corrected chi connectivity index (χ0v) is 15.3. The van der Waals surface area contributed by atoms with Crippen molar-refractivity contribution in [3.63, 3.8) is 0 Å². The SMILES string of the molecule is O=S(=O)(c1cccc(F)c1)N1CCC[C@@H](c2nc(-c3cccs3)no2)C1. The third-order valence-electron chi connectivity index (χ3n) is 4.35. The van der Waals surface area contributed by atoms with Gasteiger partial charge in [-0.1, -0.05) is 17.3 Å². The van der Waals surface area contributed by atoms with Crippen LogP contribution in [0.2, 0.25) is 0 Å². The number of hydrogen-bond donors (Lipinski definition) is 0. The topological polar surface area (TPSA) is 76.3 Å². The quantitative estimate of drug-likeness (QED) is 0.678. The van der Waals surface area contributed by atoms with Gasteiger partial charge in [0, 0.05) is 13.1 Å². The van der Waals surface area contributed by atoms with E-state index in [0.717, 1.165) is 17.4 Å². The average Bonchev–Trinajstić information content (AvgIpc) is 3.33. The van der Waals surface area contributed by atoms with E-state index in [-0.39, 0.29) is 17.4 Å². The molecule has 3 heterocycles. The highest BCUT2D eigenvalue weighted by atomic mass is 32.2. The van der Waals surface area contributed by atoms with Crippen LogP contribution < -0.4 is 0 Å². The summed E-state index contributed by atoms with van der Waals surface area (Å²) >= 11 is 1.51. The van der Waals surface area contributed by atoms with E-state index in [2.05, 4.69) is 10.1 Å². The fourth-order valence-electron chi connectivity index (χ4n) is 3.05. The Labute approximate surface area is 154 Å². The molecule has 0 amide bonds. The van der Waals surface area contributed by atoms with Gasteiger partial charge in [-0.2, -0.15) is 9.29 Å². The Morgan fingerprint density at radius 1 is 1.27 bits per heavy atom. The smallest absolute Gasteiger partial charge is 0.243 e. The summed E-state index contributed by atoms with van der Waals surface area (Å²) in [6.45, 7) is 0.631. The minimum absolute atomic E-state index is 0.0389. The Balaban J connectivity index is 1.56. The number of aromatic nitrogens is 2. The Bertz CT molecular complexity index is 1000. The highest BCUT2D eigenvalue weighted by Gasteiger charge is 2.33. The molecule has 0 N–H and O–H groups in total. The second kappa shape index (κ2) is 6.90. The first-order chi connectivity index (χ1) is 12.5. The fourth-order valence-corrected chi connectivity index (χ4v) is 5.25. The number of rotatable bonds is 4. The lowest BCUT2D eigenvalue weighted by molar-refractivity contribution is 0.265. The van der Waals surface area contributed by atoms with Crippen LogP contribution in [-0.2, 0) is 10.0 Å². The molecule has 0 saturated carbocycles. The summed E-state index contributed by atoms with van der Waals surface area (Å²) < 4.78 is 45.8. The number of piperidine rings is 1. The van der Waals surface area contributed by atoms with Crippen molar-refractivity contribution in [1.29, 1.82) is 0 Å². The molecule has 1 atom stereocenters. The summed E-state index contributed by atoms with van der Waals surface area (Å²) in [6.07, 6.45) is 1.44. The van der Waals surface area contributed by atoms with Gasteiger partial charge >= 0.3 is 0 Å². The molecular weight excluding hydrogens is 377 g/mol. The first-order valence-electron chi connectivity index (χ1n) is 8.17. The van der Waals surface area contributed by atoms with Crippen molar-refractivity contribution in [2.24, 2.45) is 0 Å². The van der Waals surface area contributed by atoms with Crippen LogP contribution >= 0.6 is 11.3 Å². The van der Waals surface area contributed by atoms with E-state index in [1.807, 2.05) is 17.5 Å². The van der Waals surface area contributed by atoms with Crippen LogP contribution in [0.5, 0.6) is 0 Å². The summed E-state index contributed by atoms with van der Waals surface area (Å²) in [5.74, 6) is 0.207. The predicted molar refractivity (Wildman–Crippen MR) is 94.7 cm³/mol. The normalized spacial score (nSPS) is 18.9. The molecule has 6 nitrogen and oxygen atoms in total. The van der Waals surface area contributed by atoms with Crippen molar-refractivity contribution in [2.75, 3.05) is 13.1 Å². The van der Waals surface area contributed by atoms with Gasteiger partial charge in [0.15, 0.2) is 0 Å². The highest BCUT2D eigenvalue weighted by Crippen LogP contribution is 2.31. The van der Waals surface area contributed by atoms with Gasteiger partial charge in [-0.3, -0.25) is 0 Å². The monoisotopic (exact) mass is 393 g/mol. The molecule has 1 fully saturated rings. The van der Waals surface area contributed by atoms with Crippen LogP contribution in [0.25, 0.3) is 10.7 Å². The summed E-state index contributed by atoms with van der Waals surface area (Å²) in [6, 6.07) is 8.88. The van der Waals surface area contributed by atoms with Gasteiger partial charge in [0.05, 0.1) is 15.7 Å². The van der Waals surface area contributed by atoms with Gasteiger partial charge in [-0.25, -0.2) is 12.8 Å². The van der Waals surface area contributed by atoms with Crippen LogP contribution in [0.4, 0.5) is 4.39 Å². The van der Waals surface area contributed by atoms with Crippen molar-refractivity contribution in [3.8, 4) is 10.7 Å². The zero-order chi connectivity index (χ0) is 18.1. The summed E-state index contributed by atoms with van der Waals surface area (Å²) in [5, 5.41) is 5.93. The molecule has 0 bridgehead atoms. The van der Waals surface area contributed by atoms with E-state index in [4.69, 9.17) is 4.52 Å². The molecule has 1 aliphatic heterocycles. The maximum Gasteiger partial charge on any atom is 0.243 e. The van der Waals surface area contributed by atoms with Crippen molar-refractivity contribution < 1.29 is 17.3 Å². The molecule has 136 valence electrons. The molecule has 1 saturated heterocycles. The lowest BCUT2D eigenvalue weighted by atomic mass is 10.00. The molecule has 0 radical (unpaired) electrons. The van der Waals surface area contributed by atoms with Crippen molar-refractivity contribution in [2.45, 2.75) is 23.7 Å². The number of sulfonamides is 1. The third kappa shape index (κ3) is 3.29. The molecule has 2 aromatic heterocycles. The van der Waals surface area contributed by atoms with E-state index in [1.165, 1.54) is 33.8 Å². The Kier molecular flexibility index (Phi) is 4.60. The van der Waals surface area contributed by atoms with E-state index in [0.29, 0.717) is 24.7 Å². The molecule has 0 aliphatic carbocycles. The highest BCUT2D eigenvalue weighted by molar-refractivity contribution is 7.89. The average molecular weight is 393 g/mol. The van der Waals surface area contributed by atoms with Crippen molar-refractivity contribution in [3.05, 3.63) is 53.5 Å². The number of benzene rings is 1. The van der Waals surface area contributed by atoms with Gasteiger partial charge in [-0.15, -0.1) is 11.3 Å². The second-order valence-electron chi connectivity index (χ2n) is 6.09. The molecule has 3 aromatic rings. The molecule has 0 spiro atoms. The molecule has 26 heavy (non-hydrogen) atoms. The molecule has 0 unspecified atom stereocenters. The van der Waals surface area contributed by atoms with Gasteiger partial charge in [0.2, 0.25) is 21.7 Å². The molecule has 1 aliphatic rings. The fraction of sp³-hybridized carbons (Fsp3) is 0.294. The molecule has 1 aromatic carbocycles. The molecular formula is C17H16FN3O3S2. The maximum absolute atomic E-state index is 13.4. The maximum atomic E-state index is 13.4. The minimum Gasteiger partial charge on any atom is -0.339 e. The molecule has 9 heteroatoms. The first kappa shape index (κ1) is 17.3. The Morgan fingerprint density at radius 3 is 2.92 bits per heavy atom. The van der Waals surface area contributed by atoms with E-state index < -0.39 is 15.8 Å². The molecule has 4 rings (SSSR count). The van der Waals surface area contributed by atoms with Crippen LogP contribution in [0.15, 0.2) is 51.2 Å². The predicted octanol–water partition coefficient (Wildman–Crippen LogP) is 3.51. The third-order valence-corrected chi connectivity index (χ3v) is 7.08. The van der Waals surface area contributed by atoms with Gasteiger partial charge in [0.1, 0.15) is 5.82 Å². The van der Waals surface area contributed by atoms with E-state index in [9.17, 15) is 12.8 Å². The lowest BCUT2D eigenvalue weighted by Crippen LogP contribution is -2.39. The summed E-state index contributed by atoms with van der Waals surface area (Å²) in [5.41, 5.74) is 0. The van der Waals surface area contributed by atoms with Gasteiger partial charge in [-0.05, 0) is 42.5 Å². The van der Waals surface area contributed by atoms with Gasteiger partial charge < -0.3 is 4.52 Å². The van der Waals surface area contributed by atoms with Crippen molar-refractivity contribution >= 4 is 21.4 Å². The standard InChI is InChI=1S/C17H16FN3O3S2/c18-13-5-1-6-14(10-13)26(22,23)21-8-2-4-12(11-21)17-19-16(20-24-17)15-7-3-9-25-15/h1,3,5-7,9-10,12H,2,4,8,11H2/t12-/m1/s1. The zero-order valence-electron chi connectivity index (χ0n) is 13.7. The summed E-state index contributed by atoms with van der Waals surface area (Å²) in [4.78, 5) is 5.29. The van der Waals surface area contributed by atoms with E-state index in [1.54, 1.807) is 0 Å². The van der Waals surface area contributed by atoms with Gasteiger partial charge in [0.25, 0.3) is 0 Å². The Hall–Kier alpha value is -2.10. The van der Waals surface area contributed by atoms with Crippen molar-refractivity contribution in [1.82, 2.24) is 14.4 Å². The first-order valence-corrected chi connectivity index (χ1v) is 10.5. The summed E-state index contributed by atoms with van der Waals surface area (Å²) in [7, 11) is -3.76.